The quantitative estimate of drug-likeness (QED) is 0.568. The Morgan fingerprint density at radius 2 is 1.72 bits per heavy atom. The highest BCUT2D eigenvalue weighted by Gasteiger charge is 2.30. The Morgan fingerprint density at radius 3 is 2.34 bits per heavy atom. The number of carbonyl (C=O) groups excluding carboxylic acids is 1. The Labute approximate surface area is 165 Å². The van der Waals surface area contributed by atoms with Crippen molar-refractivity contribution in [3.8, 4) is 11.1 Å². The first-order valence-electron chi connectivity index (χ1n) is 8.96. The number of esters is 1. The molecule has 1 aromatic carbocycles. The van der Waals surface area contributed by atoms with Crippen molar-refractivity contribution in [1.82, 2.24) is 15.0 Å². The fraction of sp³-hybridized carbons (Fsp3) is 0.238. The predicted molar refractivity (Wildman–Crippen MR) is 100 cm³/mol. The summed E-state index contributed by atoms with van der Waals surface area (Å²) in [7, 11) is 0. The first kappa shape index (κ1) is 20.4. The Morgan fingerprint density at radius 1 is 1.03 bits per heavy atom. The lowest BCUT2D eigenvalue weighted by Gasteiger charge is -2.12. The third-order valence-electron chi connectivity index (χ3n) is 4.27. The summed E-state index contributed by atoms with van der Waals surface area (Å²) >= 11 is 0. The zero-order valence-electron chi connectivity index (χ0n) is 15.6. The molecule has 5 nitrogen and oxygen atoms in total. The van der Waals surface area contributed by atoms with Crippen LogP contribution in [0, 0.1) is 0 Å². The van der Waals surface area contributed by atoms with E-state index in [0.717, 1.165) is 17.7 Å². The highest BCUT2D eigenvalue weighted by molar-refractivity contribution is 5.91. The van der Waals surface area contributed by atoms with Crippen molar-refractivity contribution in [2.75, 3.05) is 6.61 Å². The number of rotatable bonds is 6. The minimum atomic E-state index is -4.42. The smallest absolute Gasteiger partial charge is 0.416 e. The van der Waals surface area contributed by atoms with Gasteiger partial charge in [-0.15, -0.1) is 0 Å². The van der Waals surface area contributed by atoms with Gasteiger partial charge in [-0.2, -0.15) is 13.2 Å². The van der Waals surface area contributed by atoms with Crippen LogP contribution in [0.2, 0.25) is 0 Å². The van der Waals surface area contributed by atoms with E-state index in [2.05, 4.69) is 15.0 Å². The van der Waals surface area contributed by atoms with Crippen molar-refractivity contribution in [3.63, 3.8) is 0 Å². The summed E-state index contributed by atoms with van der Waals surface area (Å²) in [5.74, 6) is -0.531. The van der Waals surface area contributed by atoms with E-state index in [-0.39, 0.29) is 12.2 Å². The second-order valence-corrected chi connectivity index (χ2v) is 6.26. The van der Waals surface area contributed by atoms with Gasteiger partial charge in [0.2, 0.25) is 0 Å². The fourth-order valence-electron chi connectivity index (χ4n) is 2.83. The SMILES string of the molecule is CCOC(=O)c1cnc(CCc2cncnc2)c(-c2ccc(C(F)(F)F)cc2)c1. The van der Waals surface area contributed by atoms with Gasteiger partial charge in [-0.3, -0.25) is 4.98 Å². The van der Waals surface area contributed by atoms with E-state index < -0.39 is 17.7 Å². The maximum Gasteiger partial charge on any atom is 0.416 e. The van der Waals surface area contributed by atoms with Crippen molar-refractivity contribution in [1.29, 1.82) is 0 Å². The normalized spacial score (nSPS) is 11.3. The molecule has 0 N–H and O–H groups in total. The largest absolute Gasteiger partial charge is 0.462 e. The molecule has 0 radical (unpaired) electrons. The molecule has 0 saturated heterocycles. The number of pyridine rings is 1. The number of nitrogens with zero attached hydrogens (tertiary/aromatic N) is 3. The van der Waals surface area contributed by atoms with Crippen molar-refractivity contribution in [2.45, 2.75) is 25.9 Å². The molecule has 2 heterocycles. The highest BCUT2D eigenvalue weighted by Crippen LogP contribution is 2.32. The maximum atomic E-state index is 12.9. The van der Waals surface area contributed by atoms with Crippen LogP contribution in [0.15, 0.2) is 55.2 Å². The Kier molecular flexibility index (Phi) is 6.21. The van der Waals surface area contributed by atoms with Gasteiger partial charge in [0.1, 0.15) is 6.33 Å². The summed E-state index contributed by atoms with van der Waals surface area (Å²) in [6.45, 7) is 1.91. The molecule has 0 spiro atoms. The number of halogens is 3. The molecule has 0 fully saturated rings. The van der Waals surface area contributed by atoms with Crippen LogP contribution in [0.1, 0.15) is 34.1 Å². The number of alkyl halides is 3. The van der Waals surface area contributed by atoms with Crippen LogP contribution in [0.3, 0.4) is 0 Å². The maximum absolute atomic E-state index is 12.9. The van der Waals surface area contributed by atoms with Gasteiger partial charge >= 0.3 is 12.1 Å². The second-order valence-electron chi connectivity index (χ2n) is 6.26. The van der Waals surface area contributed by atoms with Crippen molar-refractivity contribution in [3.05, 3.63) is 77.6 Å². The van der Waals surface area contributed by atoms with Gasteiger partial charge in [0, 0.05) is 29.8 Å². The van der Waals surface area contributed by atoms with E-state index in [1.807, 2.05) is 0 Å². The minimum Gasteiger partial charge on any atom is -0.462 e. The van der Waals surface area contributed by atoms with Crippen molar-refractivity contribution < 1.29 is 22.7 Å². The molecule has 0 aliphatic heterocycles. The number of aryl methyl sites for hydroxylation is 2. The monoisotopic (exact) mass is 401 g/mol. The Balaban J connectivity index is 1.96. The summed E-state index contributed by atoms with van der Waals surface area (Å²) in [6.07, 6.45) is 2.92. The van der Waals surface area contributed by atoms with Crippen molar-refractivity contribution >= 4 is 5.97 Å². The van der Waals surface area contributed by atoms with Gasteiger partial charge in [0.15, 0.2) is 0 Å². The predicted octanol–water partition coefficient (Wildman–Crippen LogP) is 4.52. The number of aromatic nitrogens is 3. The molecule has 0 saturated carbocycles. The van der Waals surface area contributed by atoms with Crippen LogP contribution in [0.5, 0.6) is 0 Å². The molecule has 3 aromatic rings. The Hall–Kier alpha value is -3.29. The molecule has 0 aliphatic carbocycles. The summed E-state index contributed by atoms with van der Waals surface area (Å²) in [6, 6.07) is 6.39. The average Bonchev–Trinajstić information content (AvgIpc) is 2.72. The van der Waals surface area contributed by atoms with E-state index in [4.69, 9.17) is 4.74 Å². The Bertz CT molecular complexity index is 975. The zero-order chi connectivity index (χ0) is 20.9. The van der Waals surface area contributed by atoms with Gasteiger partial charge in [-0.1, -0.05) is 12.1 Å². The lowest BCUT2D eigenvalue weighted by atomic mass is 9.97. The van der Waals surface area contributed by atoms with E-state index >= 15 is 0 Å². The average molecular weight is 401 g/mol. The van der Waals surface area contributed by atoms with Crippen LogP contribution in [-0.4, -0.2) is 27.5 Å². The molecular weight excluding hydrogens is 383 g/mol. The molecule has 29 heavy (non-hydrogen) atoms. The van der Waals surface area contributed by atoms with Crippen LogP contribution < -0.4 is 0 Å². The van der Waals surface area contributed by atoms with E-state index in [1.54, 1.807) is 25.4 Å². The first-order chi connectivity index (χ1) is 13.9. The summed E-state index contributed by atoms with van der Waals surface area (Å²) in [5.41, 5.74) is 2.19. The third-order valence-corrected chi connectivity index (χ3v) is 4.27. The summed E-state index contributed by atoms with van der Waals surface area (Å²) < 4.78 is 43.6. The van der Waals surface area contributed by atoms with Crippen molar-refractivity contribution in [2.24, 2.45) is 0 Å². The molecule has 150 valence electrons. The van der Waals surface area contributed by atoms with Crippen LogP contribution in [0.25, 0.3) is 11.1 Å². The molecule has 2 aromatic heterocycles. The third kappa shape index (κ3) is 5.16. The van der Waals surface area contributed by atoms with Crippen LogP contribution in [-0.2, 0) is 23.8 Å². The van der Waals surface area contributed by atoms with E-state index in [9.17, 15) is 18.0 Å². The van der Waals surface area contributed by atoms with Gasteiger partial charge in [-0.05, 0) is 49.1 Å². The second kappa shape index (κ2) is 8.81. The molecule has 0 amide bonds. The first-order valence-corrected chi connectivity index (χ1v) is 8.96. The fourth-order valence-corrected chi connectivity index (χ4v) is 2.83. The lowest BCUT2D eigenvalue weighted by Crippen LogP contribution is -2.08. The minimum absolute atomic E-state index is 0.213. The number of benzene rings is 1. The molecule has 0 bridgehead atoms. The number of carbonyl (C=O) groups is 1. The van der Waals surface area contributed by atoms with Crippen LogP contribution >= 0.6 is 0 Å². The molecule has 0 aliphatic rings. The highest BCUT2D eigenvalue weighted by atomic mass is 19.4. The number of hydrogen-bond acceptors (Lipinski definition) is 5. The molecule has 3 rings (SSSR count). The van der Waals surface area contributed by atoms with E-state index in [0.29, 0.717) is 29.7 Å². The zero-order valence-corrected chi connectivity index (χ0v) is 15.6. The summed E-state index contributed by atoms with van der Waals surface area (Å²) in [4.78, 5) is 24.4. The summed E-state index contributed by atoms with van der Waals surface area (Å²) in [5, 5.41) is 0. The van der Waals surface area contributed by atoms with Gasteiger partial charge < -0.3 is 4.74 Å². The van der Waals surface area contributed by atoms with E-state index in [1.165, 1.54) is 24.7 Å². The standard InChI is InChI=1S/C21H18F3N3O2/c1-2-29-20(28)16-9-18(15-4-6-17(7-5-15)21(22,23)24)19(27-12-16)8-3-14-10-25-13-26-11-14/h4-7,9-13H,2-3,8H2,1H3. The lowest BCUT2D eigenvalue weighted by molar-refractivity contribution is -0.137. The topological polar surface area (TPSA) is 65.0 Å². The molecule has 8 heteroatoms. The molecular formula is C21H18F3N3O2. The number of ether oxygens (including phenoxy) is 1. The molecule has 0 atom stereocenters. The van der Waals surface area contributed by atoms with Gasteiger partial charge in [0.05, 0.1) is 17.7 Å². The molecule has 0 unspecified atom stereocenters. The van der Waals surface area contributed by atoms with Gasteiger partial charge in [-0.25, -0.2) is 14.8 Å². The van der Waals surface area contributed by atoms with Gasteiger partial charge in [0.25, 0.3) is 0 Å². The number of hydrogen-bond donors (Lipinski definition) is 0. The van der Waals surface area contributed by atoms with Crippen LogP contribution in [0.4, 0.5) is 13.2 Å².